The number of rotatable bonds is 4. The van der Waals surface area contributed by atoms with Gasteiger partial charge in [-0.1, -0.05) is 25.3 Å². The van der Waals surface area contributed by atoms with Crippen LogP contribution in [0.1, 0.15) is 74.5 Å². The number of likely N-dealkylation sites (tertiary alicyclic amines) is 1. The number of nitrogens with zero attached hydrogens (tertiary/aromatic N) is 2. The van der Waals surface area contributed by atoms with Gasteiger partial charge in [-0.3, -0.25) is 14.4 Å². The second-order valence-corrected chi connectivity index (χ2v) is 8.45. The Bertz CT molecular complexity index is 794. The lowest BCUT2D eigenvalue weighted by Gasteiger charge is -2.44. The minimum atomic E-state index is -0.933. The molecule has 146 valence electrons. The van der Waals surface area contributed by atoms with E-state index in [1.165, 1.54) is 37.7 Å². The van der Waals surface area contributed by atoms with Crippen molar-refractivity contribution in [3.8, 4) is 0 Å². The van der Waals surface area contributed by atoms with Gasteiger partial charge in [0, 0.05) is 43.7 Å². The fraction of sp³-hybridized carbons (Fsp3) is 0.667. The first-order chi connectivity index (χ1) is 13.0. The molecule has 27 heavy (non-hydrogen) atoms. The number of pyridine rings is 1. The zero-order chi connectivity index (χ0) is 19.0. The van der Waals surface area contributed by atoms with Crippen LogP contribution in [-0.2, 0) is 16.1 Å². The number of carbonyl (C=O) groups is 2. The molecule has 1 saturated heterocycles. The summed E-state index contributed by atoms with van der Waals surface area (Å²) in [5.74, 6) is -0.00763. The maximum absolute atomic E-state index is 12.5. The number of aromatic nitrogens is 1. The molecule has 1 N–H and O–H groups in total. The average molecular weight is 372 g/mol. The monoisotopic (exact) mass is 372 g/mol. The molecule has 2 bridgehead atoms. The SMILES string of the molecule is O=C(O)CCC(=O)N1C[C@@H]2C[C@@H](C1)c1c(C3CCCCC3)ccc(=O)n1C2. The zero-order valence-electron chi connectivity index (χ0n) is 15.7. The number of carboxylic acids is 1. The van der Waals surface area contributed by atoms with Crippen LogP contribution in [0.15, 0.2) is 16.9 Å². The summed E-state index contributed by atoms with van der Waals surface area (Å²) in [6.07, 6.45) is 7.12. The van der Waals surface area contributed by atoms with E-state index in [0.29, 0.717) is 25.6 Å². The average Bonchev–Trinajstić information content (AvgIpc) is 2.67. The highest BCUT2D eigenvalue weighted by molar-refractivity contribution is 5.80. The summed E-state index contributed by atoms with van der Waals surface area (Å²) in [7, 11) is 0. The largest absolute Gasteiger partial charge is 0.481 e. The Balaban J connectivity index is 1.61. The summed E-state index contributed by atoms with van der Waals surface area (Å²) >= 11 is 0. The molecule has 0 radical (unpaired) electrons. The minimum absolute atomic E-state index is 0.0614. The molecular weight excluding hydrogens is 344 g/mol. The lowest BCUT2D eigenvalue weighted by Crippen LogP contribution is -2.49. The second-order valence-electron chi connectivity index (χ2n) is 8.45. The molecule has 3 aliphatic rings. The van der Waals surface area contributed by atoms with Gasteiger partial charge in [0.2, 0.25) is 5.91 Å². The van der Waals surface area contributed by atoms with E-state index >= 15 is 0 Å². The van der Waals surface area contributed by atoms with Crippen molar-refractivity contribution in [3.05, 3.63) is 33.7 Å². The van der Waals surface area contributed by atoms with Crippen LogP contribution in [0, 0.1) is 5.92 Å². The first-order valence-corrected chi connectivity index (χ1v) is 10.3. The predicted molar refractivity (Wildman–Crippen MR) is 101 cm³/mol. The molecule has 6 heteroatoms. The Hall–Kier alpha value is -2.11. The van der Waals surface area contributed by atoms with E-state index < -0.39 is 5.97 Å². The molecule has 1 aromatic rings. The maximum atomic E-state index is 12.5. The third kappa shape index (κ3) is 3.66. The van der Waals surface area contributed by atoms with E-state index in [9.17, 15) is 14.4 Å². The van der Waals surface area contributed by atoms with Gasteiger partial charge in [0.15, 0.2) is 0 Å². The fourth-order valence-corrected chi connectivity index (χ4v) is 5.38. The lowest BCUT2D eigenvalue weighted by molar-refractivity contribution is -0.141. The molecule has 1 aliphatic carbocycles. The van der Waals surface area contributed by atoms with Crippen molar-refractivity contribution in [2.24, 2.45) is 5.92 Å². The summed E-state index contributed by atoms with van der Waals surface area (Å²) in [4.78, 5) is 37.7. The van der Waals surface area contributed by atoms with E-state index in [4.69, 9.17) is 5.11 Å². The third-order valence-electron chi connectivity index (χ3n) is 6.57. The summed E-state index contributed by atoms with van der Waals surface area (Å²) in [5, 5.41) is 8.85. The van der Waals surface area contributed by atoms with Gasteiger partial charge in [-0.05, 0) is 36.7 Å². The zero-order valence-corrected chi connectivity index (χ0v) is 15.7. The number of hydrogen-bond donors (Lipinski definition) is 1. The Morgan fingerprint density at radius 3 is 2.52 bits per heavy atom. The van der Waals surface area contributed by atoms with Gasteiger partial charge >= 0.3 is 5.97 Å². The van der Waals surface area contributed by atoms with Crippen molar-refractivity contribution in [1.82, 2.24) is 9.47 Å². The van der Waals surface area contributed by atoms with Crippen LogP contribution >= 0.6 is 0 Å². The van der Waals surface area contributed by atoms with Gasteiger partial charge in [0.25, 0.3) is 5.56 Å². The van der Waals surface area contributed by atoms with Gasteiger partial charge in [0.05, 0.1) is 6.42 Å². The number of hydrogen-bond acceptors (Lipinski definition) is 3. The van der Waals surface area contributed by atoms with Gasteiger partial charge in [-0.15, -0.1) is 0 Å². The van der Waals surface area contributed by atoms with E-state index in [1.807, 2.05) is 15.5 Å². The molecule has 2 atom stereocenters. The Morgan fingerprint density at radius 1 is 1.00 bits per heavy atom. The molecule has 2 fully saturated rings. The summed E-state index contributed by atoms with van der Waals surface area (Å²) in [6, 6.07) is 3.76. The normalized spacial score (nSPS) is 25.1. The van der Waals surface area contributed by atoms with Crippen LogP contribution in [0.4, 0.5) is 0 Å². The molecule has 1 amide bonds. The van der Waals surface area contributed by atoms with Crippen LogP contribution in [0.25, 0.3) is 0 Å². The molecule has 0 unspecified atom stereocenters. The molecule has 2 aliphatic heterocycles. The topological polar surface area (TPSA) is 79.6 Å². The van der Waals surface area contributed by atoms with Crippen molar-refractivity contribution in [2.45, 2.75) is 69.7 Å². The van der Waals surface area contributed by atoms with Crippen molar-refractivity contribution in [2.75, 3.05) is 13.1 Å². The van der Waals surface area contributed by atoms with Crippen LogP contribution in [0.5, 0.6) is 0 Å². The highest BCUT2D eigenvalue weighted by Gasteiger charge is 2.38. The van der Waals surface area contributed by atoms with Crippen molar-refractivity contribution >= 4 is 11.9 Å². The van der Waals surface area contributed by atoms with Crippen LogP contribution in [0.2, 0.25) is 0 Å². The number of aliphatic carboxylic acids is 1. The van der Waals surface area contributed by atoms with E-state index in [-0.39, 0.29) is 36.1 Å². The lowest BCUT2D eigenvalue weighted by atomic mass is 9.76. The van der Waals surface area contributed by atoms with Gasteiger partial charge in [-0.25, -0.2) is 0 Å². The quantitative estimate of drug-likeness (QED) is 0.881. The summed E-state index contributed by atoms with van der Waals surface area (Å²) in [6.45, 7) is 1.92. The standard InChI is InChI=1S/C21H28N2O4/c24-18(8-9-20(26)27)22-11-14-10-16(13-22)21-17(15-4-2-1-3-5-15)6-7-19(25)23(21)12-14/h6-7,14-16H,1-5,8-13H2,(H,26,27)/t14-,16-/m0/s1. The minimum Gasteiger partial charge on any atom is -0.481 e. The van der Waals surface area contributed by atoms with Crippen LogP contribution < -0.4 is 5.56 Å². The van der Waals surface area contributed by atoms with Crippen LogP contribution in [0.3, 0.4) is 0 Å². The molecule has 6 nitrogen and oxygen atoms in total. The third-order valence-corrected chi connectivity index (χ3v) is 6.57. The molecule has 4 rings (SSSR count). The first kappa shape index (κ1) is 18.3. The van der Waals surface area contributed by atoms with Crippen molar-refractivity contribution < 1.29 is 14.7 Å². The van der Waals surface area contributed by atoms with E-state index in [1.54, 1.807) is 6.07 Å². The number of fused-ring (bicyclic) bond motifs is 4. The maximum Gasteiger partial charge on any atom is 0.303 e. The fourth-order valence-electron chi connectivity index (χ4n) is 5.38. The number of carboxylic acid groups (broad SMARTS) is 1. The number of carbonyl (C=O) groups excluding carboxylic acids is 1. The Kier molecular flexibility index (Phi) is 5.06. The number of piperidine rings is 1. The molecule has 3 heterocycles. The molecular formula is C21H28N2O4. The van der Waals surface area contributed by atoms with E-state index in [0.717, 1.165) is 12.1 Å². The second kappa shape index (κ2) is 7.49. The predicted octanol–water partition coefficient (Wildman–Crippen LogP) is 2.71. The highest BCUT2D eigenvalue weighted by Crippen LogP contribution is 2.42. The van der Waals surface area contributed by atoms with Crippen LogP contribution in [-0.4, -0.2) is 39.5 Å². The smallest absolute Gasteiger partial charge is 0.303 e. The van der Waals surface area contributed by atoms with Crippen molar-refractivity contribution in [3.63, 3.8) is 0 Å². The van der Waals surface area contributed by atoms with Crippen molar-refractivity contribution in [1.29, 1.82) is 0 Å². The number of amides is 1. The molecule has 0 aromatic carbocycles. The Labute approximate surface area is 159 Å². The molecule has 1 saturated carbocycles. The first-order valence-electron chi connectivity index (χ1n) is 10.3. The highest BCUT2D eigenvalue weighted by atomic mass is 16.4. The van der Waals surface area contributed by atoms with Gasteiger partial charge in [-0.2, -0.15) is 0 Å². The molecule has 0 spiro atoms. The van der Waals surface area contributed by atoms with Gasteiger partial charge < -0.3 is 14.6 Å². The van der Waals surface area contributed by atoms with E-state index in [2.05, 4.69) is 0 Å². The van der Waals surface area contributed by atoms with Gasteiger partial charge in [0.1, 0.15) is 0 Å². The summed E-state index contributed by atoms with van der Waals surface area (Å²) in [5.41, 5.74) is 2.55. The summed E-state index contributed by atoms with van der Waals surface area (Å²) < 4.78 is 1.97. The Morgan fingerprint density at radius 2 is 1.78 bits per heavy atom. The molecule has 1 aromatic heterocycles.